The van der Waals surface area contributed by atoms with Gasteiger partial charge in [-0.05, 0) is 47.9 Å². The van der Waals surface area contributed by atoms with Gasteiger partial charge in [0.25, 0.3) is 0 Å². The molecule has 2 nitrogen and oxygen atoms in total. The molecule has 1 aliphatic rings. The van der Waals surface area contributed by atoms with Crippen molar-refractivity contribution in [3.05, 3.63) is 60.2 Å². The highest BCUT2D eigenvalue weighted by Crippen LogP contribution is 2.24. The minimum absolute atomic E-state index is 0.0649. The Morgan fingerprint density at radius 3 is 2.43 bits per heavy atom. The van der Waals surface area contributed by atoms with Gasteiger partial charge in [-0.1, -0.05) is 54.6 Å². The number of amides is 1. The molecule has 23 heavy (non-hydrogen) atoms. The van der Waals surface area contributed by atoms with Gasteiger partial charge in [0.05, 0.1) is 0 Å². The Morgan fingerprint density at radius 2 is 1.78 bits per heavy atom. The summed E-state index contributed by atoms with van der Waals surface area (Å²) in [6.45, 7) is 0.832. The van der Waals surface area contributed by atoms with Crippen LogP contribution in [0.2, 0.25) is 0 Å². The second-order valence-electron chi connectivity index (χ2n) is 5.70. The molecule has 2 aromatic rings. The van der Waals surface area contributed by atoms with E-state index in [1.54, 1.807) is 11.9 Å². The van der Waals surface area contributed by atoms with Gasteiger partial charge in [-0.15, -0.1) is 11.6 Å². The first-order chi connectivity index (χ1) is 11.2. The van der Waals surface area contributed by atoms with Crippen LogP contribution in [0.4, 0.5) is 0 Å². The van der Waals surface area contributed by atoms with E-state index in [1.165, 1.54) is 16.7 Å². The summed E-state index contributed by atoms with van der Waals surface area (Å²) in [6, 6.07) is 18.8. The number of aryl methyl sites for hydroxylation is 1. The zero-order valence-corrected chi connectivity index (χ0v) is 14.5. The van der Waals surface area contributed by atoms with E-state index in [0.29, 0.717) is 6.42 Å². The van der Waals surface area contributed by atoms with Crippen LogP contribution < -0.4 is 0 Å². The van der Waals surface area contributed by atoms with Gasteiger partial charge in [0, 0.05) is 12.3 Å². The van der Waals surface area contributed by atoms with E-state index in [1.807, 2.05) is 22.5 Å². The Balaban J connectivity index is 1.55. The van der Waals surface area contributed by atoms with Crippen molar-refractivity contribution in [3.63, 3.8) is 0 Å². The number of hydrogen-bond acceptors (Lipinski definition) is 2. The molecule has 120 valence electrons. The van der Waals surface area contributed by atoms with Gasteiger partial charge in [0.2, 0.25) is 5.91 Å². The lowest BCUT2D eigenvalue weighted by molar-refractivity contribution is -0.125. The van der Waals surface area contributed by atoms with Crippen LogP contribution in [-0.2, 0) is 11.2 Å². The van der Waals surface area contributed by atoms with E-state index in [-0.39, 0.29) is 5.91 Å². The summed E-state index contributed by atoms with van der Waals surface area (Å²) >= 11 is 7.88. The van der Waals surface area contributed by atoms with Gasteiger partial charge in [-0.3, -0.25) is 9.10 Å². The maximum Gasteiger partial charge on any atom is 0.250 e. The molecule has 0 aromatic heterocycles. The number of hydrogen-bond donors (Lipinski definition) is 0. The molecule has 1 saturated heterocycles. The standard InChI is InChI=1S/C19H20ClNOS/c20-18(19(22)21-13-4-14-23-21)12-9-15-7-10-17(11-8-15)16-5-2-1-3-6-16/h1-3,5-8,10-11,18H,4,9,12-14H2. The number of halogens is 1. The Bertz CT molecular complexity index is 638. The molecule has 0 bridgehead atoms. The predicted octanol–water partition coefficient (Wildman–Crippen LogP) is 4.77. The van der Waals surface area contributed by atoms with E-state index < -0.39 is 5.38 Å². The number of carbonyl (C=O) groups is 1. The molecule has 1 unspecified atom stereocenters. The van der Waals surface area contributed by atoms with Crippen molar-refractivity contribution in [2.75, 3.05) is 12.3 Å². The molecule has 0 saturated carbocycles. The van der Waals surface area contributed by atoms with Crippen LogP contribution in [0, 0.1) is 0 Å². The lowest BCUT2D eigenvalue weighted by Crippen LogP contribution is -2.30. The molecule has 0 spiro atoms. The van der Waals surface area contributed by atoms with Crippen LogP contribution in [-0.4, -0.2) is 27.9 Å². The Hall–Kier alpha value is -1.45. The van der Waals surface area contributed by atoms with Crippen molar-refractivity contribution in [3.8, 4) is 11.1 Å². The average molecular weight is 346 g/mol. The Morgan fingerprint density at radius 1 is 1.09 bits per heavy atom. The van der Waals surface area contributed by atoms with Crippen molar-refractivity contribution in [1.82, 2.24) is 4.31 Å². The first kappa shape index (κ1) is 16.4. The fraction of sp³-hybridized carbons (Fsp3) is 0.316. The second-order valence-corrected chi connectivity index (χ2v) is 7.33. The van der Waals surface area contributed by atoms with Crippen LogP contribution in [0.3, 0.4) is 0 Å². The van der Waals surface area contributed by atoms with Gasteiger partial charge >= 0.3 is 0 Å². The highest BCUT2D eigenvalue weighted by molar-refractivity contribution is 7.97. The smallest absolute Gasteiger partial charge is 0.250 e. The van der Waals surface area contributed by atoms with Crippen LogP contribution >= 0.6 is 23.5 Å². The van der Waals surface area contributed by atoms with Crippen molar-refractivity contribution in [2.45, 2.75) is 24.6 Å². The molecule has 1 fully saturated rings. The maximum atomic E-state index is 12.2. The summed E-state index contributed by atoms with van der Waals surface area (Å²) in [5.74, 6) is 1.09. The van der Waals surface area contributed by atoms with Crippen LogP contribution in [0.1, 0.15) is 18.4 Å². The zero-order chi connectivity index (χ0) is 16.1. The molecular weight excluding hydrogens is 326 g/mol. The van der Waals surface area contributed by atoms with E-state index in [9.17, 15) is 4.79 Å². The van der Waals surface area contributed by atoms with Crippen molar-refractivity contribution >= 4 is 29.5 Å². The Kier molecular flexibility index (Phi) is 5.63. The number of alkyl halides is 1. The SMILES string of the molecule is O=C(C(Cl)CCc1ccc(-c2ccccc2)cc1)N1CCCS1. The third kappa shape index (κ3) is 4.30. The number of carbonyl (C=O) groups excluding carboxylic acids is 1. The summed E-state index contributed by atoms with van der Waals surface area (Å²) < 4.78 is 1.82. The molecule has 2 aromatic carbocycles. The molecule has 4 heteroatoms. The van der Waals surface area contributed by atoms with E-state index in [4.69, 9.17) is 11.6 Å². The number of benzene rings is 2. The molecule has 1 heterocycles. The third-order valence-electron chi connectivity index (χ3n) is 4.01. The van der Waals surface area contributed by atoms with E-state index >= 15 is 0 Å². The van der Waals surface area contributed by atoms with Crippen LogP contribution in [0.5, 0.6) is 0 Å². The second kappa shape index (κ2) is 7.89. The topological polar surface area (TPSA) is 20.3 Å². The fourth-order valence-corrected chi connectivity index (χ4v) is 3.96. The van der Waals surface area contributed by atoms with E-state index in [0.717, 1.165) is 25.1 Å². The summed E-state index contributed by atoms with van der Waals surface area (Å²) in [5, 5.41) is -0.422. The van der Waals surface area contributed by atoms with Gasteiger partial charge in [-0.25, -0.2) is 0 Å². The maximum absolute atomic E-state index is 12.2. The Labute approximate surface area is 147 Å². The van der Waals surface area contributed by atoms with Crippen molar-refractivity contribution < 1.29 is 4.79 Å². The number of nitrogens with zero attached hydrogens (tertiary/aromatic N) is 1. The van der Waals surface area contributed by atoms with Crippen molar-refractivity contribution in [2.24, 2.45) is 0 Å². The summed E-state index contributed by atoms with van der Waals surface area (Å²) in [7, 11) is 0. The van der Waals surface area contributed by atoms with Gasteiger partial charge in [-0.2, -0.15) is 0 Å². The fourth-order valence-electron chi connectivity index (χ4n) is 2.69. The molecule has 1 amide bonds. The molecule has 3 rings (SSSR count). The lowest BCUT2D eigenvalue weighted by atomic mass is 10.0. The lowest BCUT2D eigenvalue weighted by Gasteiger charge is -2.17. The largest absolute Gasteiger partial charge is 0.285 e. The molecular formula is C19H20ClNOS. The molecule has 1 aliphatic heterocycles. The highest BCUT2D eigenvalue weighted by Gasteiger charge is 2.25. The van der Waals surface area contributed by atoms with Crippen LogP contribution in [0.15, 0.2) is 54.6 Å². The van der Waals surface area contributed by atoms with Gasteiger partial charge in [0.1, 0.15) is 5.38 Å². The molecule has 0 N–H and O–H groups in total. The van der Waals surface area contributed by atoms with Crippen LogP contribution in [0.25, 0.3) is 11.1 Å². The summed E-state index contributed by atoms with van der Waals surface area (Å²) in [4.78, 5) is 12.2. The molecule has 0 radical (unpaired) electrons. The monoisotopic (exact) mass is 345 g/mol. The molecule has 0 aliphatic carbocycles. The quantitative estimate of drug-likeness (QED) is 0.574. The van der Waals surface area contributed by atoms with E-state index in [2.05, 4.69) is 36.4 Å². The average Bonchev–Trinajstić information content (AvgIpc) is 3.15. The molecule has 1 atom stereocenters. The first-order valence-electron chi connectivity index (χ1n) is 7.97. The predicted molar refractivity (Wildman–Crippen MR) is 98.6 cm³/mol. The minimum atomic E-state index is -0.422. The minimum Gasteiger partial charge on any atom is -0.285 e. The van der Waals surface area contributed by atoms with Gasteiger partial charge < -0.3 is 0 Å². The summed E-state index contributed by atoms with van der Waals surface area (Å²) in [5.41, 5.74) is 3.65. The third-order valence-corrected chi connectivity index (χ3v) is 5.56. The highest BCUT2D eigenvalue weighted by atomic mass is 35.5. The normalized spacial score (nSPS) is 15.6. The first-order valence-corrected chi connectivity index (χ1v) is 9.34. The summed E-state index contributed by atoms with van der Waals surface area (Å²) in [6.07, 6.45) is 2.58. The number of rotatable bonds is 5. The zero-order valence-electron chi connectivity index (χ0n) is 13.0. The van der Waals surface area contributed by atoms with Gasteiger partial charge in [0.15, 0.2) is 0 Å². The van der Waals surface area contributed by atoms with Crippen molar-refractivity contribution in [1.29, 1.82) is 0 Å².